The molecule has 3 atom stereocenters. The van der Waals surface area contributed by atoms with Gasteiger partial charge in [-0.3, -0.25) is 10.1 Å². The van der Waals surface area contributed by atoms with Gasteiger partial charge in [-0.15, -0.1) is 21.5 Å². The van der Waals surface area contributed by atoms with Crippen molar-refractivity contribution in [1.29, 1.82) is 0 Å². The molecular weight excluding hydrogens is 352 g/mol. The van der Waals surface area contributed by atoms with E-state index in [2.05, 4.69) is 34.6 Å². The third-order valence-corrected chi connectivity index (χ3v) is 5.97. The number of nitrogens with one attached hydrogen (secondary N) is 1. The number of nitro groups is 1. The first-order valence-electron chi connectivity index (χ1n) is 8.60. The van der Waals surface area contributed by atoms with Crippen molar-refractivity contribution in [1.82, 2.24) is 10.2 Å². The number of hydrogen-bond acceptors (Lipinski definition) is 6. The standard InChI is InChI=1S/C18H18N4O3S/c1-12(21-10-2-4-15(21)16-5-3-11-26-16)17-19-20-18(25-17)13-6-8-14(9-7-13)22(23)24/h3,5-9,11-12,15H,2,4,10H2,1H3/p+1/t12-,15-/m1/s1. The zero-order chi connectivity index (χ0) is 18.1. The molecule has 3 aromatic rings. The average Bonchev–Trinajstić information content (AvgIpc) is 3.41. The Labute approximate surface area is 154 Å². The first-order valence-corrected chi connectivity index (χ1v) is 9.48. The molecule has 0 aliphatic carbocycles. The highest BCUT2D eigenvalue weighted by molar-refractivity contribution is 7.10. The van der Waals surface area contributed by atoms with Crippen LogP contribution in [0.25, 0.3) is 11.5 Å². The molecule has 0 saturated carbocycles. The van der Waals surface area contributed by atoms with Crippen molar-refractivity contribution in [2.45, 2.75) is 31.8 Å². The number of non-ortho nitro benzene ring substituents is 1. The van der Waals surface area contributed by atoms with Crippen LogP contribution in [0.1, 0.15) is 42.6 Å². The molecule has 1 fully saturated rings. The predicted octanol–water partition coefficient (Wildman–Crippen LogP) is 3.19. The summed E-state index contributed by atoms with van der Waals surface area (Å²) in [5.74, 6) is 1.00. The number of likely N-dealkylation sites (tertiary alicyclic amines) is 1. The highest BCUT2D eigenvalue weighted by Gasteiger charge is 2.37. The third kappa shape index (κ3) is 3.13. The number of rotatable bonds is 5. The summed E-state index contributed by atoms with van der Waals surface area (Å²) < 4.78 is 5.90. The third-order valence-electron chi connectivity index (χ3n) is 4.98. The number of hydrogen-bond donors (Lipinski definition) is 1. The molecule has 4 rings (SSSR count). The second kappa shape index (κ2) is 6.97. The van der Waals surface area contributed by atoms with Gasteiger partial charge < -0.3 is 9.32 Å². The second-order valence-electron chi connectivity index (χ2n) is 6.51. The summed E-state index contributed by atoms with van der Waals surface area (Å²) in [5, 5.41) is 21.3. The van der Waals surface area contributed by atoms with Crippen LogP contribution < -0.4 is 4.90 Å². The summed E-state index contributed by atoms with van der Waals surface area (Å²) in [4.78, 5) is 13.2. The number of nitro benzene ring substituents is 1. The van der Waals surface area contributed by atoms with Crippen molar-refractivity contribution in [3.8, 4) is 11.5 Å². The number of thiophene rings is 1. The van der Waals surface area contributed by atoms with E-state index in [4.69, 9.17) is 4.42 Å². The Hall–Kier alpha value is -2.58. The maximum atomic E-state index is 10.8. The van der Waals surface area contributed by atoms with Crippen LogP contribution in [0.2, 0.25) is 0 Å². The van der Waals surface area contributed by atoms with E-state index in [1.54, 1.807) is 23.5 Å². The van der Waals surface area contributed by atoms with Gasteiger partial charge in [-0.2, -0.15) is 0 Å². The SMILES string of the molecule is C[C@H](c1nnc(-c2ccc([N+](=O)[O-])cc2)o1)[NH+]1CCC[C@@H]1c1cccs1. The lowest BCUT2D eigenvalue weighted by atomic mass is 10.1. The molecule has 8 heteroatoms. The molecule has 1 N–H and O–H groups in total. The van der Waals surface area contributed by atoms with Crippen molar-refractivity contribution < 1.29 is 14.2 Å². The van der Waals surface area contributed by atoms with Crippen LogP contribution in [-0.2, 0) is 0 Å². The molecule has 1 aliphatic rings. The van der Waals surface area contributed by atoms with Crippen molar-refractivity contribution in [2.75, 3.05) is 6.54 Å². The molecule has 26 heavy (non-hydrogen) atoms. The Bertz CT molecular complexity index is 892. The van der Waals surface area contributed by atoms with Crippen LogP contribution in [0, 0.1) is 10.1 Å². The molecule has 3 heterocycles. The van der Waals surface area contributed by atoms with Crippen molar-refractivity contribution in [3.63, 3.8) is 0 Å². The maximum absolute atomic E-state index is 10.8. The van der Waals surface area contributed by atoms with E-state index in [0.29, 0.717) is 23.4 Å². The largest absolute Gasteiger partial charge is 0.415 e. The summed E-state index contributed by atoms with van der Waals surface area (Å²) in [7, 11) is 0. The highest BCUT2D eigenvalue weighted by Crippen LogP contribution is 2.27. The van der Waals surface area contributed by atoms with Crippen molar-refractivity contribution in [2.24, 2.45) is 0 Å². The second-order valence-corrected chi connectivity index (χ2v) is 7.49. The van der Waals surface area contributed by atoms with Gasteiger partial charge in [0.05, 0.1) is 16.3 Å². The first-order chi connectivity index (χ1) is 12.6. The van der Waals surface area contributed by atoms with Gasteiger partial charge in [-0.25, -0.2) is 0 Å². The molecule has 134 valence electrons. The molecule has 7 nitrogen and oxygen atoms in total. The lowest BCUT2D eigenvalue weighted by Gasteiger charge is -2.24. The normalized spacial score (nSPS) is 21.0. The minimum absolute atomic E-state index is 0.0437. The minimum atomic E-state index is -0.424. The number of benzene rings is 1. The fraction of sp³-hybridized carbons (Fsp3) is 0.333. The molecule has 1 unspecified atom stereocenters. The Balaban J connectivity index is 1.54. The van der Waals surface area contributed by atoms with E-state index < -0.39 is 4.92 Å². The minimum Gasteiger partial charge on any atom is -0.415 e. The first kappa shape index (κ1) is 16.9. The highest BCUT2D eigenvalue weighted by atomic mass is 32.1. The van der Waals surface area contributed by atoms with Crippen LogP contribution >= 0.6 is 11.3 Å². The van der Waals surface area contributed by atoms with Crippen LogP contribution in [0.3, 0.4) is 0 Å². The molecule has 0 spiro atoms. The van der Waals surface area contributed by atoms with Gasteiger partial charge in [0.15, 0.2) is 6.04 Å². The van der Waals surface area contributed by atoms with Crippen LogP contribution in [0.5, 0.6) is 0 Å². The monoisotopic (exact) mass is 371 g/mol. The van der Waals surface area contributed by atoms with Gasteiger partial charge in [0, 0.05) is 30.5 Å². The molecule has 1 saturated heterocycles. The predicted molar refractivity (Wildman–Crippen MR) is 96.9 cm³/mol. The van der Waals surface area contributed by atoms with Gasteiger partial charge in [0.1, 0.15) is 6.04 Å². The molecule has 0 radical (unpaired) electrons. The van der Waals surface area contributed by atoms with Gasteiger partial charge in [0.2, 0.25) is 5.89 Å². The molecule has 1 aromatic carbocycles. The Kier molecular flexibility index (Phi) is 4.52. The topological polar surface area (TPSA) is 86.5 Å². The fourth-order valence-electron chi connectivity index (χ4n) is 3.61. The van der Waals surface area contributed by atoms with Gasteiger partial charge in [0.25, 0.3) is 11.6 Å². The Morgan fingerprint density at radius 2 is 2.12 bits per heavy atom. The van der Waals surface area contributed by atoms with Crippen LogP contribution in [0.4, 0.5) is 5.69 Å². The molecular formula is C18H19N4O3S+. The summed E-state index contributed by atoms with van der Waals surface area (Å²) in [6, 6.07) is 11.0. The molecule has 2 aromatic heterocycles. The van der Waals surface area contributed by atoms with Gasteiger partial charge >= 0.3 is 0 Å². The summed E-state index contributed by atoms with van der Waals surface area (Å²) >= 11 is 1.80. The maximum Gasteiger partial charge on any atom is 0.274 e. The zero-order valence-electron chi connectivity index (χ0n) is 14.3. The summed E-state index contributed by atoms with van der Waals surface area (Å²) in [6.45, 7) is 3.20. The lowest BCUT2D eigenvalue weighted by molar-refractivity contribution is -0.948. The van der Waals surface area contributed by atoms with E-state index in [-0.39, 0.29) is 11.7 Å². The number of aromatic nitrogens is 2. The van der Waals surface area contributed by atoms with E-state index in [9.17, 15) is 10.1 Å². The van der Waals surface area contributed by atoms with Crippen LogP contribution in [-0.4, -0.2) is 21.7 Å². The number of quaternary nitrogens is 1. The summed E-state index contributed by atoms with van der Waals surface area (Å²) in [6.07, 6.45) is 2.36. The van der Waals surface area contributed by atoms with Gasteiger partial charge in [-0.1, -0.05) is 6.07 Å². The van der Waals surface area contributed by atoms with Crippen LogP contribution in [0.15, 0.2) is 46.2 Å². The zero-order valence-corrected chi connectivity index (χ0v) is 15.1. The Morgan fingerprint density at radius 3 is 2.81 bits per heavy atom. The Morgan fingerprint density at radius 1 is 1.31 bits per heavy atom. The van der Waals surface area contributed by atoms with E-state index >= 15 is 0 Å². The van der Waals surface area contributed by atoms with E-state index in [0.717, 1.165) is 6.54 Å². The smallest absolute Gasteiger partial charge is 0.274 e. The molecule has 1 aliphatic heterocycles. The number of nitrogens with zero attached hydrogens (tertiary/aromatic N) is 3. The quantitative estimate of drug-likeness (QED) is 0.550. The van der Waals surface area contributed by atoms with E-state index in [1.165, 1.54) is 34.8 Å². The van der Waals surface area contributed by atoms with E-state index in [1.807, 2.05) is 0 Å². The van der Waals surface area contributed by atoms with Gasteiger partial charge in [-0.05, 0) is 30.5 Å². The van der Waals surface area contributed by atoms with Crippen molar-refractivity contribution in [3.05, 3.63) is 62.7 Å². The fourth-order valence-corrected chi connectivity index (χ4v) is 4.52. The average molecular weight is 371 g/mol. The van der Waals surface area contributed by atoms with Crippen molar-refractivity contribution >= 4 is 17.0 Å². The lowest BCUT2D eigenvalue weighted by Crippen LogP contribution is -3.10. The molecule has 0 amide bonds. The summed E-state index contributed by atoms with van der Waals surface area (Å²) in [5.41, 5.74) is 0.731. The molecule has 0 bridgehead atoms.